The highest BCUT2D eigenvalue weighted by atomic mass is 32.2. The van der Waals surface area contributed by atoms with E-state index in [9.17, 15) is 0 Å². The number of hydrogen-bond acceptors (Lipinski definition) is 2. The third-order valence-electron chi connectivity index (χ3n) is 3.15. The van der Waals surface area contributed by atoms with Crippen molar-refractivity contribution >= 4 is 39.8 Å². The van der Waals surface area contributed by atoms with E-state index in [1.165, 1.54) is 21.2 Å². The van der Waals surface area contributed by atoms with Gasteiger partial charge in [-0.15, -0.1) is 11.8 Å². The van der Waals surface area contributed by atoms with Gasteiger partial charge in [-0.3, -0.25) is 0 Å². The fourth-order valence-corrected chi connectivity index (χ4v) is 3.31. The average Bonchev–Trinajstić information content (AvgIpc) is 2.78. The molecule has 1 aliphatic heterocycles. The van der Waals surface area contributed by atoms with Crippen molar-refractivity contribution in [2.75, 3.05) is 5.75 Å². The number of thioether (sulfide) groups is 1. The lowest BCUT2D eigenvalue weighted by molar-refractivity contribution is 0.660. The molecule has 3 aromatic rings. The average molecular weight is 238 g/mol. The Morgan fingerprint density at radius 3 is 2.94 bits per heavy atom. The summed E-state index contributed by atoms with van der Waals surface area (Å²) >= 11 is 1.85. The molecular formula is C15H10OS. The van der Waals surface area contributed by atoms with E-state index in [0.717, 1.165) is 16.9 Å². The zero-order valence-corrected chi connectivity index (χ0v) is 9.96. The fraction of sp³-hybridized carbons (Fsp3) is 0.0667. The normalized spacial score (nSPS) is 14.4. The Bertz CT molecular complexity index is 752. The second kappa shape index (κ2) is 3.41. The van der Waals surface area contributed by atoms with Crippen LogP contribution in [-0.2, 0) is 0 Å². The molecule has 1 nitrogen and oxygen atoms in total. The number of fused-ring (bicyclic) bond motifs is 5. The van der Waals surface area contributed by atoms with Gasteiger partial charge in [-0.25, -0.2) is 0 Å². The standard InChI is InChI=1S/C15H10OS/c1-2-6-13-11(5-1)12-8-7-10-4-3-9-17-15(10)14(12)16-13/h1-8H,9H2. The van der Waals surface area contributed by atoms with Crippen molar-refractivity contribution in [3.05, 3.63) is 48.0 Å². The van der Waals surface area contributed by atoms with Crippen LogP contribution in [0.2, 0.25) is 0 Å². The van der Waals surface area contributed by atoms with Crippen LogP contribution < -0.4 is 0 Å². The van der Waals surface area contributed by atoms with Gasteiger partial charge in [0.05, 0.1) is 4.90 Å². The van der Waals surface area contributed by atoms with E-state index in [-0.39, 0.29) is 0 Å². The first-order chi connectivity index (χ1) is 8.43. The molecule has 0 spiro atoms. The van der Waals surface area contributed by atoms with Gasteiger partial charge in [0.15, 0.2) is 0 Å². The van der Waals surface area contributed by atoms with E-state index < -0.39 is 0 Å². The van der Waals surface area contributed by atoms with Crippen LogP contribution in [0.1, 0.15) is 5.56 Å². The number of furan rings is 1. The molecule has 0 saturated carbocycles. The Morgan fingerprint density at radius 1 is 1.00 bits per heavy atom. The molecule has 82 valence electrons. The van der Waals surface area contributed by atoms with Gasteiger partial charge in [0, 0.05) is 16.5 Å². The SMILES string of the molecule is C1=Cc2ccc3c(oc4ccccc43)c2SC1. The minimum absolute atomic E-state index is 0.978. The smallest absolute Gasteiger partial charge is 0.149 e. The maximum Gasteiger partial charge on any atom is 0.149 e. The summed E-state index contributed by atoms with van der Waals surface area (Å²) in [4.78, 5) is 1.28. The number of benzene rings is 2. The van der Waals surface area contributed by atoms with Crippen molar-refractivity contribution < 1.29 is 4.42 Å². The Labute approximate surface area is 103 Å². The lowest BCUT2D eigenvalue weighted by atomic mass is 10.1. The van der Waals surface area contributed by atoms with Gasteiger partial charge in [0.1, 0.15) is 11.2 Å². The molecule has 0 radical (unpaired) electrons. The Balaban J connectivity index is 2.21. The molecule has 0 N–H and O–H groups in total. The molecule has 1 aromatic heterocycles. The molecule has 0 fully saturated rings. The summed E-state index contributed by atoms with van der Waals surface area (Å²) in [6.45, 7) is 0. The summed E-state index contributed by atoms with van der Waals surface area (Å²) in [6, 6.07) is 12.6. The number of hydrogen-bond donors (Lipinski definition) is 0. The van der Waals surface area contributed by atoms with Gasteiger partial charge in [0.25, 0.3) is 0 Å². The highest BCUT2D eigenvalue weighted by molar-refractivity contribution is 7.99. The van der Waals surface area contributed by atoms with E-state index >= 15 is 0 Å². The molecule has 2 heterocycles. The highest BCUT2D eigenvalue weighted by Crippen LogP contribution is 2.39. The maximum atomic E-state index is 6.00. The molecule has 4 rings (SSSR count). The van der Waals surface area contributed by atoms with Gasteiger partial charge in [0.2, 0.25) is 0 Å². The second-order valence-electron chi connectivity index (χ2n) is 4.17. The monoisotopic (exact) mass is 238 g/mol. The zero-order chi connectivity index (χ0) is 11.2. The van der Waals surface area contributed by atoms with Gasteiger partial charge in [-0.05, 0) is 17.7 Å². The molecule has 0 atom stereocenters. The zero-order valence-electron chi connectivity index (χ0n) is 9.14. The molecule has 0 unspecified atom stereocenters. The summed E-state index contributed by atoms with van der Waals surface area (Å²) < 4.78 is 6.00. The first kappa shape index (κ1) is 9.37. The van der Waals surface area contributed by atoms with Crippen molar-refractivity contribution in [1.82, 2.24) is 0 Å². The molecule has 0 saturated heterocycles. The molecule has 1 aliphatic rings. The van der Waals surface area contributed by atoms with Crippen molar-refractivity contribution in [3.63, 3.8) is 0 Å². The third-order valence-corrected chi connectivity index (χ3v) is 4.22. The minimum Gasteiger partial charge on any atom is -0.455 e. The summed E-state index contributed by atoms with van der Waals surface area (Å²) in [5.41, 5.74) is 3.29. The topological polar surface area (TPSA) is 13.1 Å². The molecule has 17 heavy (non-hydrogen) atoms. The van der Waals surface area contributed by atoms with E-state index in [0.29, 0.717) is 0 Å². The predicted molar refractivity (Wildman–Crippen MR) is 73.5 cm³/mol. The van der Waals surface area contributed by atoms with Crippen LogP contribution in [-0.4, -0.2) is 5.75 Å². The van der Waals surface area contributed by atoms with Crippen molar-refractivity contribution in [1.29, 1.82) is 0 Å². The predicted octanol–water partition coefficient (Wildman–Crippen LogP) is 4.70. The van der Waals surface area contributed by atoms with E-state index in [1.54, 1.807) is 0 Å². The molecule has 0 aliphatic carbocycles. The summed E-state index contributed by atoms with van der Waals surface area (Å²) in [5, 5.41) is 2.43. The van der Waals surface area contributed by atoms with Crippen molar-refractivity contribution in [3.8, 4) is 0 Å². The Kier molecular flexibility index (Phi) is 1.88. The van der Waals surface area contributed by atoms with E-state index in [4.69, 9.17) is 4.42 Å². The van der Waals surface area contributed by atoms with Gasteiger partial charge in [-0.2, -0.15) is 0 Å². The molecule has 2 aromatic carbocycles. The summed E-state index contributed by atoms with van der Waals surface area (Å²) in [7, 11) is 0. The third kappa shape index (κ3) is 1.28. The van der Waals surface area contributed by atoms with E-state index in [1.807, 2.05) is 23.9 Å². The van der Waals surface area contributed by atoms with Gasteiger partial charge in [-0.1, -0.05) is 36.4 Å². The Morgan fingerprint density at radius 2 is 1.94 bits per heavy atom. The lowest BCUT2D eigenvalue weighted by Crippen LogP contribution is -1.87. The quantitative estimate of drug-likeness (QED) is 0.563. The fourth-order valence-electron chi connectivity index (χ4n) is 2.37. The first-order valence-corrected chi connectivity index (χ1v) is 6.65. The van der Waals surface area contributed by atoms with Crippen LogP contribution in [0.25, 0.3) is 28.0 Å². The molecular weight excluding hydrogens is 228 g/mol. The highest BCUT2D eigenvalue weighted by Gasteiger charge is 2.14. The molecule has 0 bridgehead atoms. The molecule has 0 amide bonds. The van der Waals surface area contributed by atoms with Crippen LogP contribution in [0.3, 0.4) is 0 Å². The lowest BCUT2D eigenvalue weighted by Gasteiger charge is -2.09. The van der Waals surface area contributed by atoms with Crippen LogP contribution in [0.5, 0.6) is 0 Å². The van der Waals surface area contributed by atoms with Gasteiger partial charge < -0.3 is 4.42 Å². The molecule has 2 heteroatoms. The Hall–Kier alpha value is -1.67. The van der Waals surface area contributed by atoms with Crippen LogP contribution in [0.15, 0.2) is 51.8 Å². The first-order valence-electron chi connectivity index (χ1n) is 5.67. The second-order valence-corrected chi connectivity index (χ2v) is 5.20. The summed E-state index contributed by atoms with van der Waals surface area (Å²) in [5.74, 6) is 1.03. The number of rotatable bonds is 0. The summed E-state index contributed by atoms with van der Waals surface area (Å²) in [6.07, 6.45) is 4.37. The van der Waals surface area contributed by atoms with Gasteiger partial charge >= 0.3 is 0 Å². The largest absolute Gasteiger partial charge is 0.455 e. The number of para-hydroxylation sites is 1. The van der Waals surface area contributed by atoms with Crippen LogP contribution in [0.4, 0.5) is 0 Å². The van der Waals surface area contributed by atoms with Crippen LogP contribution in [0, 0.1) is 0 Å². The van der Waals surface area contributed by atoms with Crippen LogP contribution >= 0.6 is 11.8 Å². The van der Waals surface area contributed by atoms with Crippen molar-refractivity contribution in [2.24, 2.45) is 0 Å². The minimum atomic E-state index is 0.978. The maximum absolute atomic E-state index is 6.00. The van der Waals surface area contributed by atoms with E-state index in [2.05, 4.69) is 36.4 Å². The van der Waals surface area contributed by atoms with Crippen molar-refractivity contribution in [2.45, 2.75) is 4.90 Å².